The predicted molar refractivity (Wildman–Crippen MR) is 71.3 cm³/mol. The highest BCUT2D eigenvalue weighted by Gasteiger charge is 2.17. The van der Waals surface area contributed by atoms with Crippen molar-refractivity contribution in [2.75, 3.05) is 6.54 Å². The highest BCUT2D eigenvalue weighted by Crippen LogP contribution is 2.26. The summed E-state index contributed by atoms with van der Waals surface area (Å²) in [7, 11) is 0. The SMILES string of the molecule is CC#CCCNC1CCCC(CCC)CC1. The van der Waals surface area contributed by atoms with Crippen LogP contribution in [0.15, 0.2) is 0 Å². The van der Waals surface area contributed by atoms with E-state index < -0.39 is 0 Å². The first-order valence-corrected chi connectivity index (χ1v) is 6.99. The molecule has 0 radical (unpaired) electrons. The van der Waals surface area contributed by atoms with Gasteiger partial charge in [-0.15, -0.1) is 11.8 Å². The van der Waals surface area contributed by atoms with Crippen LogP contribution in [0.25, 0.3) is 0 Å². The van der Waals surface area contributed by atoms with Gasteiger partial charge in [-0.1, -0.05) is 32.6 Å². The molecule has 0 aliphatic heterocycles. The molecule has 1 aliphatic carbocycles. The van der Waals surface area contributed by atoms with E-state index in [0.717, 1.165) is 24.9 Å². The predicted octanol–water partition coefficient (Wildman–Crippen LogP) is 3.74. The van der Waals surface area contributed by atoms with Crippen molar-refractivity contribution in [1.82, 2.24) is 5.32 Å². The van der Waals surface area contributed by atoms with Crippen molar-refractivity contribution >= 4 is 0 Å². The molecule has 0 saturated heterocycles. The summed E-state index contributed by atoms with van der Waals surface area (Å²) in [5.74, 6) is 7.08. The van der Waals surface area contributed by atoms with Gasteiger partial charge in [0.1, 0.15) is 0 Å². The molecular weight excluding hydrogens is 194 g/mol. The van der Waals surface area contributed by atoms with Gasteiger partial charge in [-0.3, -0.25) is 0 Å². The van der Waals surface area contributed by atoms with Crippen LogP contribution in [-0.2, 0) is 0 Å². The minimum absolute atomic E-state index is 0.764. The van der Waals surface area contributed by atoms with E-state index in [-0.39, 0.29) is 0 Å². The zero-order chi connectivity index (χ0) is 11.6. The van der Waals surface area contributed by atoms with Gasteiger partial charge < -0.3 is 5.32 Å². The van der Waals surface area contributed by atoms with Gasteiger partial charge >= 0.3 is 0 Å². The molecule has 92 valence electrons. The second kappa shape index (κ2) is 8.65. The Morgan fingerprint density at radius 2 is 2.06 bits per heavy atom. The van der Waals surface area contributed by atoms with Gasteiger partial charge in [0, 0.05) is 19.0 Å². The molecule has 0 aromatic rings. The average Bonchev–Trinajstić information content (AvgIpc) is 2.51. The monoisotopic (exact) mass is 221 g/mol. The molecule has 1 saturated carbocycles. The smallest absolute Gasteiger partial charge is 0.0214 e. The van der Waals surface area contributed by atoms with Gasteiger partial charge in [0.05, 0.1) is 0 Å². The van der Waals surface area contributed by atoms with Crippen molar-refractivity contribution in [2.24, 2.45) is 5.92 Å². The molecule has 0 aromatic carbocycles. The lowest BCUT2D eigenvalue weighted by Crippen LogP contribution is -2.29. The van der Waals surface area contributed by atoms with Gasteiger partial charge in [-0.25, -0.2) is 0 Å². The van der Waals surface area contributed by atoms with Crippen LogP contribution in [0.4, 0.5) is 0 Å². The Balaban J connectivity index is 2.16. The van der Waals surface area contributed by atoms with E-state index in [1.807, 2.05) is 6.92 Å². The second-order valence-corrected chi connectivity index (χ2v) is 4.99. The lowest BCUT2D eigenvalue weighted by Gasteiger charge is -2.16. The van der Waals surface area contributed by atoms with E-state index in [9.17, 15) is 0 Å². The molecule has 2 atom stereocenters. The zero-order valence-electron chi connectivity index (χ0n) is 11.0. The summed E-state index contributed by atoms with van der Waals surface area (Å²) in [4.78, 5) is 0. The summed E-state index contributed by atoms with van der Waals surface area (Å²) >= 11 is 0. The third-order valence-electron chi connectivity index (χ3n) is 3.65. The van der Waals surface area contributed by atoms with E-state index in [4.69, 9.17) is 0 Å². The first-order valence-electron chi connectivity index (χ1n) is 6.99. The molecule has 0 heterocycles. The molecule has 1 fully saturated rings. The Hall–Kier alpha value is -0.480. The molecule has 0 aromatic heterocycles. The van der Waals surface area contributed by atoms with Crippen LogP contribution >= 0.6 is 0 Å². The van der Waals surface area contributed by atoms with Crippen LogP contribution < -0.4 is 5.32 Å². The zero-order valence-corrected chi connectivity index (χ0v) is 11.0. The van der Waals surface area contributed by atoms with Crippen LogP contribution in [0.1, 0.15) is 65.2 Å². The Morgan fingerprint density at radius 1 is 1.19 bits per heavy atom. The molecule has 16 heavy (non-hydrogen) atoms. The Bertz CT molecular complexity index is 223. The van der Waals surface area contributed by atoms with Gasteiger partial charge in [-0.2, -0.15) is 0 Å². The number of nitrogens with one attached hydrogen (secondary N) is 1. The molecule has 1 aliphatic rings. The van der Waals surface area contributed by atoms with Gasteiger partial charge in [0.15, 0.2) is 0 Å². The topological polar surface area (TPSA) is 12.0 Å². The highest BCUT2D eigenvalue weighted by atomic mass is 14.9. The third kappa shape index (κ3) is 5.56. The van der Waals surface area contributed by atoms with Crippen LogP contribution in [-0.4, -0.2) is 12.6 Å². The Kier molecular flexibility index (Phi) is 7.34. The van der Waals surface area contributed by atoms with Crippen LogP contribution in [0.3, 0.4) is 0 Å². The Labute approximate surface area is 101 Å². The fraction of sp³-hybridized carbons (Fsp3) is 0.867. The molecular formula is C15H27N. The van der Waals surface area contributed by atoms with Gasteiger partial charge in [-0.05, 0) is 32.1 Å². The molecule has 0 spiro atoms. The van der Waals surface area contributed by atoms with E-state index in [1.54, 1.807) is 0 Å². The van der Waals surface area contributed by atoms with Crippen molar-refractivity contribution in [3.8, 4) is 11.8 Å². The standard InChI is InChI=1S/C15H27N/c1-3-5-6-13-16-15-10-7-9-14(8-4-2)11-12-15/h14-16H,4,6-13H2,1-2H3. The first-order chi connectivity index (χ1) is 7.86. The minimum atomic E-state index is 0.764. The van der Waals surface area contributed by atoms with Crippen LogP contribution in [0.5, 0.6) is 0 Å². The highest BCUT2D eigenvalue weighted by molar-refractivity contribution is 4.95. The van der Waals surface area contributed by atoms with Crippen molar-refractivity contribution in [2.45, 2.75) is 71.3 Å². The molecule has 1 nitrogen and oxygen atoms in total. The summed E-state index contributed by atoms with van der Waals surface area (Å²) in [5.41, 5.74) is 0. The summed E-state index contributed by atoms with van der Waals surface area (Å²) in [6.45, 7) is 5.30. The van der Waals surface area contributed by atoms with E-state index in [2.05, 4.69) is 24.1 Å². The summed E-state index contributed by atoms with van der Waals surface area (Å²) in [6, 6.07) is 0.764. The van der Waals surface area contributed by atoms with Crippen LogP contribution in [0, 0.1) is 17.8 Å². The maximum atomic E-state index is 3.66. The van der Waals surface area contributed by atoms with Crippen molar-refractivity contribution in [3.63, 3.8) is 0 Å². The molecule has 0 amide bonds. The largest absolute Gasteiger partial charge is 0.313 e. The fourth-order valence-corrected chi connectivity index (χ4v) is 2.74. The molecule has 2 unspecified atom stereocenters. The third-order valence-corrected chi connectivity index (χ3v) is 3.65. The lowest BCUT2D eigenvalue weighted by molar-refractivity contribution is 0.411. The summed E-state index contributed by atoms with van der Waals surface area (Å²) in [6.07, 6.45) is 10.9. The number of hydrogen-bond acceptors (Lipinski definition) is 1. The molecule has 1 N–H and O–H groups in total. The Morgan fingerprint density at radius 3 is 2.81 bits per heavy atom. The average molecular weight is 221 g/mol. The van der Waals surface area contributed by atoms with Crippen molar-refractivity contribution in [3.05, 3.63) is 0 Å². The quantitative estimate of drug-likeness (QED) is 0.424. The van der Waals surface area contributed by atoms with E-state index in [1.165, 1.54) is 44.9 Å². The van der Waals surface area contributed by atoms with Crippen molar-refractivity contribution in [1.29, 1.82) is 0 Å². The fourth-order valence-electron chi connectivity index (χ4n) is 2.74. The lowest BCUT2D eigenvalue weighted by atomic mass is 9.95. The van der Waals surface area contributed by atoms with Crippen molar-refractivity contribution < 1.29 is 0 Å². The first kappa shape index (κ1) is 13.6. The number of rotatable bonds is 5. The second-order valence-electron chi connectivity index (χ2n) is 4.99. The summed E-state index contributed by atoms with van der Waals surface area (Å²) in [5, 5.41) is 3.66. The normalized spacial score (nSPS) is 25.6. The maximum absolute atomic E-state index is 3.66. The van der Waals surface area contributed by atoms with Crippen LogP contribution in [0.2, 0.25) is 0 Å². The minimum Gasteiger partial charge on any atom is -0.313 e. The maximum Gasteiger partial charge on any atom is 0.0214 e. The summed E-state index contributed by atoms with van der Waals surface area (Å²) < 4.78 is 0. The number of hydrogen-bond donors (Lipinski definition) is 1. The van der Waals surface area contributed by atoms with E-state index >= 15 is 0 Å². The van der Waals surface area contributed by atoms with E-state index in [0.29, 0.717) is 0 Å². The molecule has 1 heteroatoms. The van der Waals surface area contributed by atoms with Gasteiger partial charge in [0.2, 0.25) is 0 Å². The molecule has 1 rings (SSSR count). The molecule has 0 bridgehead atoms. The van der Waals surface area contributed by atoms with Gasteiger partial charge in [0.25, 0.3) is 0 Å².